The molecule has 0 unspecified atom stereocenters. The van der Waals surface area contributed by atoms with Gasteiger partial charge in [-0.15, -0.1) is 11.8 Å². The van der Waals surface area contributed by atoms with Crippen LogP contribution in [-0.4, -0.2) is 54.7 Å². The molecule has 0 radical (unpaired) electrons. The molecule has 1 aromatic rings. The number of fused-ring (bicyclic) bond motifs is 1. The number of carboxylic acid groups (broad SMARTS) is 1. The zero-order valence-corrected chi connectivity index (χ0v) is 13.8. The minimum atomic E-state index is -1.14. The third-order valence-corrected chi connectivity index (χ3v) is 5.46. The smallest absolute Gasteiger partial charge is 0.352 e. The number of rotatable bonds is 3. The van der Waals surface area contributed by atoms with E-state index in [1.54, 1.807) is 14.0 Å². The summed E-state index contributed by atoms with van der Waals surface area (Å²) in [4.78, 5) is 37.1. The minimum Gasteiger partial charge on any atom is -0.477 e. The molecule has 1 saturated heterocycles. The minimum absolute atomic E-state index is 0.00261. The van der Waals surface area contributed by atoms with Crippen molar-refractivity contribution in [2.24, 2.45) is 7.05 Å². The van der Waals surface area contributed by atoms with Gasteiger partial charge in [0.25, 0.3) is 11.8 Å². The molecule has 1 fully saturated rings. The molecule has 1 aromatic heterocycles. The summed E-state index contributed by atoms with van der Waals surface area (Å²) in [6.45, 7) is 1.68. The highest BCUT2D eigenvalue weighted by Crippen LogP contribution is 2.40. The molecule has 2 aliphatic heterocycles. The van der Waals surface area contributed by atoms with Gasteiger partial charge in [-0.3, -0.25) is 19.2 Å². The van der Waals surface area contributed by atoms with Crippen LogP contribution in [0.15, 0.2) is 17.5 Å². The number of carboxylic acids is 1. The molecule has 8 nitrogen and oxygen atoms in total. The van der Waals surface area contributed by atoms with Crippen LogP contribution in [0.5, 0.6) is 0 Å². The van der Waals surface area contributed by atoms with Crippen LogP contribution in [0.2, 0.25) is 5.02 Å². The maximum absolute atomic E-state index is 12.3. The van der Waals surface area contributed by atoms with Crippen LogP contribution in [-0.2, 0) is 16.6 Å². The third kappa shape index (κ3) is 2.40. The van der Waals surface area contributed by atoms with Gasteiger partial charge in [-0.1, -0.05) is 11.6 Å². The third-order valence-electron chi connectivity index (χ3n) is 3.76. The number of hydrogen-bond donors (Lipinski definition) is 2. The normalized spacial score (nSPS) is 23.4. The molecule has 0 bridgehead atoms. The summed E-state index contributed by atoms with van der Waals surface area (Å²) in [7, 11) is 1.57. The van der Waals surface area contributed by atoms with Gasteiger partial charge < -0.3 is 10.4 Å². The first-order chi connectivity index (χ1) is 10.8. The largest absolute Gasteiger partial charge is 0.477 e. The molecular weight excluding hydrogens is 344 g/mol. The molecule has 23 heavy (non-hydrogen) atoms. The Labute approximate surface area is 140 Å². The van der Waals surface area contributed by atoms with E-state index < -0.39 is 29.2 Å². The molecule has 0 aromatic carbocycles. The van der Waals surface area contributed by atoms with Crippen molar-refractivity contribution in [1.29, 1.82) is 0 Å². The number of nitrogens with zero attached hydrogens (tertiary/aromatic N) is 3. The SMILES string of the molecule is CC1=C(C(=O)O)N2C(=O)[C@H](NC(=O)c3c(Cl)cnn3C)[C@H]2SC1. The van der Waals surface area contributed by atoms with Crippen molar-refractivity contribution in [1.82, 2.24) is 20.0 Å². The molecule has 2 N–H and O–H groups in total. The Hall–Kier alpha value is -2.00. The number of aromatic nitrogens is 2. The zero-order chi connectivity index (χ0) is 16.9. The average Bonchev–Trinajstić information content (AvgIpc) is 2.83. The molecule has 0 spiro atoms. The number of nitrogens with one attached hydrogen (secondary N) is 1. The van der Waals surface area contributed by atoms with E-state index in [0.29, 0.717) is 11.3 Å². The average molecular weight is 357 g/mol. The Morgan fingerprint density at radius 2 is 2.22 bits per heavy atom. The molecule has 2 amide bonds. The Kier molecular flexibility index (Phi) is 3.85. The molecule has 2 aliphatic rings. The van der Waals surface area contributed by atoms with Gasteiger partial charge in [0.05, 0.1) is 11.2 Å². The van der Waals surface area contributed by atoms with E-state index in [4.69, 9.17) is 11.6 Å². The van der Waals surface area contributed by atoms with E-state index in [2.05, 4.69) is 10.4 Å². The van der Waals surface area contributed by atoms with Gasteiger partial charge >= 0.3 is 5.97 Å². The number of carbonyl (C=O) groups excluding carboxylic acids is 2. The van der Waals surface area contributed by atoms with E-state index in [0.717, 1.165) is 0 Å². The number of β-lactam (4-membered cyclic amide) rings is 1. The van der Waals surface area contributed by atoms with E-state index in [1.807, 2.05) is 0 Å². The summed E-state index contributed by atoms with van der Waals surface area (Å²) in [6.07, 6.45) is 1.34. The van der Waals surface area contributed by atoms with Crippen molar-refractivity contribution in [3.05, 3.63) is 28.2 Å². The van der Waals surface area contributed by atoms with Crippen molar-refractivity contribution in [2.75, 3.05) is 5.75 Å². The molecule has 3 heterocycles. The zero-order valence-electron chi connectivity index (χ0n) is 12.2. The second kappa shape index (κ2) is 5.57. The lowest BCUT2D eigenvalue weighted by atomic mass is 10.0. The summed E-state index contributed by atoms with van der Waals surface area (Å²) in [5.74, 6) is -1.60. The van der Waals surface area contributed by atoms with Crippen molar-refractivity contribution in [2.45, 2.75) is 18.3 Å². The van der Waals surface area contributed by atoms with Crippen molar-refractivity contribution >= 4 is 41.1 Å². The van der Waals surface area contributed by atoms with Gasteiger partial charge in [0, 0.05) is 12.8 Å². The number of aryl methyl sites for hydroxylation is 1. The first-order valence-corrected chi connectivity index (χ1v) is 8.11. The van der Waals surface area contributed by atoms with Crippen molar-refractivity contribution in [3.63, 3.8) is 0 Å². The summed E-state index contributed by atoms with van der Waals surface area (Å²) in [5.41, 5.74) is 0.790. The maximum atomic E-state index is 12.3. The highest BCUT2D eigenvalue weighted by atomic mass is 35.5. The summed E-state index contributed by atoms with van der Waals surface area (Å²) >= 11 is 7.33. The quantitative estimate of drug-likeness (QED) is 0.762. The fourth-order valence-electron chi connectivity index (χ4n) is 2.65. The van der Waals surface area contributed by atoms with E-state index in [1.165, 1.54) is 27.5 Å². The molecule has 10 heteroatoms. The van der Waals surface area contributed by atoms with Crippen LogP contribution >= 0.6 is 23.4 Å². The first kappa shape index (κ1) is 15.9. The van der Waals surface area contributed by atoms with Crippen LogP contribution in [0.4, 0.5) is 0 Å². The van der Waals surface area contributed by atoms with Gasteiger partial charge in [-0.2, -0.15) is 5.10 Å². The highest BCUT2D eigenvalue weighted by molar-refractivity contribution is 8.00. The van der Waals surface area contributed by atoms with Crippen LogP contribution in [0.1, 0.15) is 17.4 Å². The lowest BCUT2D eigenvalue weighted by Gasteiger charge is -2.49. The van der Waals surface area contributed by atoms with Crippen LogP contribution in [0.3, 0.4) is 0 Å². The Balaban J connectivity index is 1.79. The van der Waals surface area contributed by atoms with Gasteiger partial charge in [0.2, 0.25) is 0 Å². The van der Waals surface area contributed by atoms with Crippen molar-refractivity contribution < 1.29 is 19.5 Å². The predicted octanol–water partition coefficient (Wildman–Crippen LogP) is 0.446. The molecule has 122 valence electrons. The molecule has 0 aliphatic carbocycles. The number of hydrogen-bond acceptors (Lipinski definition) is 5. The molecule has 2 atom stereocenters. The van der Waals surface area contributed by atoms with E-state index in [-0.39, 0.29) is 16.4 Å². The highest BCUT2D eigenvalue weighted by Gasteiger charge is 2.53. The molecule has 0 saturated carbocycles. The topological polar surface area (TPSA) is 105 Å². The number of carbonyl (C=O) groups is 3. The van der Waals surface area contributed by atoms with Gasteiger partial charge in [0.15, 0.2) is 0 Å². The molecule has 3 rings (SSSR count). The Bertz CT molecular complexity index is 740. The van der Waals surface area contributed by atoms with Crippen LogP contribution in [0, 0.1) is 0 Å². The van der Waals surface area contributed by atoms with Gasteiger partial charge in [-0.25, -0.2) is 4.79 Å². The summed E-state index contributed by atoms with van der Waals surface area (Å²) < 4.78 is 1.32. The number of amides is 2. The Morgan fingerprint density at radius 1 is 1.52 bits per heavy atom. The van der Waals surface area contributed by atoms with Gasteiger partial charge in [-0.05, 0) is 12.5 Å². The number of thioether (sulfide) groups is 1. The lowest BCUT2D eigenvalue weighted by Crippen LogP contribution is -2.70. The fourth-order valence-corrected chi connectivity index (χ4v) is 4.20. The number of aliphatic carboxylic acids is 1. The second-order valence-electron chi connectivity index (χ2n) is 5.26. The van der Waals surface area contributed by atoms with Crippen molar-refractivity contribution in [3.8, 4) is 0 Å². The van der Waals surface area contributed by atoms with E-state index >= 15 is 0 Å². The standard InChI is InChI=1S/C13H13ClN4O4S/c1-5-4-23-12-7(11(20)18(12)8(5)13(21)22)16-10(19)9-6(14)3-15-17(9)2/h3,7,12H,4H2,1-2H3,(H,16,19)(H,21,22)/t7-,12+/m0/s1. The Morgan fingerprint density at radius 3 is 2.78 bits per heavy atom. The number of halogens is 1. The predicted molar refractivity (Wildman–Crippen MR) is 82.9 cm³/mol. The second-order valence-corrected chi connectivity index (χ2v) is 6.77. The monoisotopic (exact) mass is 356 g/mol. The summed E-state index contributed by atoms with van der Waals surface area (Å²) in [6, 6.07) is -0.777. The van der Waals surface area contributed by atoms with E-state index in [9.17, 15) is 19.5 Å². The van der Waals surface area contributed by atoms with Crippen LogP contribution < -0.4 is 5.32 Å². The lowest BCUT2D eigenvalue weighted by molar-refractivity contribution is -0.148. The first-order valence-electron chi connectivity index (χ1n) is 6.69. The maximum Gasteiger partial charge on any atom is 0.352 e. The van der Waals surface area contributed by atoms with Gasteiger partial charge in [0.1, 0.15) is 22.8 Å². The van der Waals surface area contributed by atoms with Crippen LogP contribution in [0.25, 0.3) is 0 Å². The fraction of sp³-hybridized carbons (Fsp3) is 0.385. The molecular formula is C13H13ClN4O4S. The summed E-state index contributed by atoms with van der Waals surface area (Å²) in [5, 5.41) is 15.5.